The maximum Gasteiger partial charge on any atom is 0.245 e. The molecule has 0 atom stereocenters. The quantitative estimate of drug-likeness (QED) is 0.537. The van der Waals surface area contributed by atoms with E-state index in [0.29, 0.717) is 13.0 Å². The molecule has 0 saturated heterocycles. The predicted molar refractivity (Wildman–Crippen MR) is 35.4 cm³/mol. The van der Waals surface area contributed by atoms with Crippen LogP contribution in [-0.4, -0.2) is 29.9 Å². The van der Waals surface area contributed by atoms with Crippen LogP contribution in [0.1, 0.15) is 13.3 Å². The summed E-state index contributed by atoms with van der Waals surface area (Å²) in [6.45, 7) is 1.25. The lowest BCUT2D eigenvalue weighted by atomic mass is 10.3. The summed E-state index contributed by atoms with van der Waals surface area (Å²) in [6.07, 6.45) is 0.325. The molecule has 0 fully saturated rings. The van der Waals surface area contributed by atoms with E-state index in [2.05, 4.69) is 5.32 Å². The molecule has 0 radical (unpaired) electrons. The van der Waals surface area contributed by atoms with E-state index < -0.39 is 12.5 Å². The van der Waals surface area contributed by atoms with Crippen molar-refractivity contribution in [3.63, 3.8) is 0 Å². The number of rotatable bonds is 4. The van der Waals surface area contributed by atoms with Gasteiger partial charge in [-0.05, 0) is 6.92 Å². The van der Waals surface area contributed by atoms with E-state index in [1.54, 1.807) is 0 Å². The molecule has 0 aromatic rings. The van der Waals surface area contributed by atoms with Crippen molar-refractivity contribution >= 4 is 11.7 Å². The van der Waals surface area contributed by atoms with Gasteiger partial charge in [0.1, 0.15) is 12.4 Å². The topological polar surface area (TPSA) is 66.4 Å². The minimum absolute atomic E-state index is 0.0261. The van der Waals surface area contributed by atoms with Gasteiger partial charge in [-0.1, -0.05) is 0 Å². The van der Waals surface area contributed by atoms with Gasteiger partial charge in [0.25, 0.3) is 0 Å². The number of hydrogen-bond acceptors (Lipinski definition) is 3. The molecule has 0 rings (SSSR count). The first-order chi connectivity index (χ1) is 4.66. The molecule has 0 spiro atoms. The minimum Gasteiger partial charge on any atom is -0.387 e. The fourth-order valence-electron chi connectivity index (χ4n) is 0.434. The summed E-state index contributed by atoms with van der Waals surface area (Å²) in [5.74, 6) is -0.417. The predicted octanol–water partition coefficient (Wildman–Crippen LogP) is -0.926. The lowest BCUT2D eigenvalue weighted by molar-refractivity contribution is -0.124. The third-order valence-corrected chi connectivity index (χ3v) is 0.943. The Balaban J connectivity index is 3.20. The van der Waals surface area contributed by atoms with E-state index in [9.17, 15) is 9.59 Å². The van der Waals surface area contributed by atoms with E-state index in [1.165, 1.54) is 6.92 Å². The third-order valence-electron chi connectivity index (χ3n) is 0.943. The summed E-state index contributed by atoms with van der Waals surface area (Å²) in [6, 6.07) is 0. The second-order valence-corrected chi connectivity index (χ2v) is 1.96. The molecule has 0 heterocycles. The second-order valence-electron chi connectivity index (χ2n) is 1.96. The maximum absolute atomic E-state index is 10.3. The first-order valence-corrected chi connectivity index (χ1v) is 3.04. The summed E-state index contributed by atoms with van der Waals surface area (Å²) in [7, 11) is 0. The van der Waals surface area contributed by atoms with E-state index in [4.69, 9.17) is 5.11 Å². The van der Waals surface area contributed by atoms with E-state index >= 15 is 0 Å². The van der Waals surface area contributed by atoms with Gasteiger partial charge in [0.2, 0.25) is 5.91 Å². The highest BCUT2D eigenvalue weighted by molar-refractivity contribution is 5.79. The summed E-state index contributed by atoms with van der Waals surface area (Å²) < 4.78 is 0. The van der Waals surface area contributed by atoms with Gasteiger partial charge in [0.15, 0.2) is 0 Å². The maximum atomic E-state index is 10.3. The van der Waals surface area contributed by atoms with Crippen LogP contribution in [0, 0.1) is 0 Å². The van der Waals surface area contributed by atoms with Gasteiger partial charge in [-0.2, -0.15) is 0 Å². The molecule has 10 heavy (non-hydrogen) atoms. The Morgan fingerprint density at radius 3 is 2.50 bits per heavy atom. The molecule has 1 amide bonds. The monoisotopic (exact) mass is 145 g/mol. The Bertz CT molecular complexity index is 133. The van der Waals surface area contributed by atoms with Crippen LogP contribution in [0.4, 0.5) is 0 Å². The number of aliphatic hydroxyl groups excluding tert-OH is 1. The van der Waals surface area contributed by atoms with Gasteiger partial charge in [-0.3, -0.25) is 9.59 Å². The molecular formula is C6H11NO3. The number of aliphatic hydroxyl groups is 1. The summed E-state index contributed by atoms with van der Waals surface area (Å²) >= 11 is 0. The zero-order valence-corrected chi connectivity index (χ0v) is 5.89. The zero-order valence-electron chi connectivity index (χ0n) is 5.89. The van der Waals surface area contributed by atoms with Crippen molar-refractivity contribution in [3.05, 3.63) is 0 Å². The summed E-state index contributed by atoms with van der Waals surface area (Å²) in [5.41, 5.74) is 0. The molecule has 4 nitrogen and oxygen atoms in total. The van der Waals surface area contributed by atoms with E-state index in [1.807, 2.05) is 0 Å². The van der Waals surface area contributed by atoms with E-state index in [-0.39, 0.29) is 5.78 Å². The van der Waals surface area contributed by atoms with Gasteiger partial charge < -0.3 is 10.4 Å². The largest absolute Gasteiger partial charge is 0.387 e. The average molecular weight is 145 g/mol. The first-order valence-electron chi connectivity index (χ1n) is 3.04. The minimum atomic E-state index is -0.516. The van der Waals surface area contributed by atoms with Crippen molar-refractivity contribution < 1.29 is 14.7 Å². The van der Waals surface area contributed by atoms with Crippen LogP contribution >= 0.6 is 0 Å². The Morgan fingerprint density at radius 1 is 1.50 bits per heavy atom. The third kappa shape index (κ3) is 5.24. The Kier molecular flexibility index (Phi) is 4.49. The molecule has 0 aromatic heterocycles. The molecule has 2 N–H and O–H groups in total. The average Bonchev–Trinajstić information content (AvgIpc) is 1.87. The fraction of sp³-hybridized carbons (Fsp3) is 0.667. The molecule has 0 aliphatic carbocycles. The highest BCUT2D eigenvalue weighted by Crippen LogP contribution is 1.77. The van der Waals surface area contributed by atoms with Gasteiger partial charge in [-0.15, -0.1) is 0 Å². The van der Waals surface area contributed by atoms with Gasteiger partial charge in [0, 0.05) is 13.0 Å². The van der Waals surface area contributed by atoms with E-state index in [0.717, 1.165) is 0 Å². The standard InChI is InChI=1S/C6H11NO3/c1-5(9)2-3-7-6(10)4-8/h8H,2-4H2,1H3,(H,7,10). The van der Waals surface area contributed by atoms with Crippen LogP contribution in [0.15, 0.2) is 0 Å². The molecule has 4 heteroatoms. The summed E-state index contributed by atoms with van der Waals surface area (Å²) in [4.78, 5) is 20.6. The molecule has 58 valence electrons. The Morgan fingerprint density at radius 2 is 2.10 bits per heavy atom. The van der Waals surface area contributed by atoms with Crippen LogP contribution < -0.4 is 5.32 Å². The van der Waals surface area contributed by atoms with Crippen molar-refractivity contribution in [2.24, 2.45) is 0 Å². The highest BCUT2D eigenvalue weighted by Gasteiger charge is 1.97. The van der Waals surface area contributed by atoms with Gasteiger partial charge >= 0.3 is 0 Å². The number of carbonyl (C=O) groups is 2. The molecule has 0 aliphatic rings. The number of ketones is 1. The van der Waals surface area contributed by atoms with Gasteiger partial charge in [0.05, 0.1) is 0 Å². The fourth-order valence-corrected chi connectivity index (χ4v) is 0.434. The van der Waals surface area contributed by atoms with Crippen molar-refractivity contribution in [2.45, 2.75) is 13.3 Å². The van der Waals surface area contributed by atoms with Gasteiger partial charge in [-0.25, -0.2) is 0 Å². The molecular weight excluding hydrogens is 134 g/mol. The van der Waals surface area contributed by atoms with Crippen LogP contribution in [0.2, 0.25) is 0 Å². The molecule has 0 aliphatic heterocycles. The summed E-state index contributed by atoms with van der Waals surface area (Å²) in [5, 5.41) is 10.6. The van der Waals surface area contributed by atoms with Crippen LogP contribution in [0.5, 0.6) is 0 Å². The number of carbonyl (C=O) groups excluding carboxylic acids is 2. The number of amides is 1. The second kappa shape index (κ2) is 4.93. The Labute approximate surface area is 59.2 Å². The Hall–Kier alpha value is -0.900. The first kappa shape index (κ1) is 9.10. The van der Waals surface area contributed by atoms with Crippen molar-refractivity contribution in [1.82, 2.24) is 5.32 Å². The van der Waals surface area contributed by atoms with Crippen LogP contribution in [-0.2, 0) is 9.59 Å². The lowest BCUT2D eigenvalue weighted by Crippen LogP contribution is -2.27. The molecule has 0 aromatic carbocycles. The molecule has 0 bridgehead atoms. The van der Waals surface area contributed by atoms with Crippen LogP contribution in [0.3, 0.4) is 0 Å². The highest BCUT2D eigenvalue weighted by atomic mass is 16.3. The van der Waals surface area contributed by atoms with Crippen molar-refractivity contribution in [3.8, 4) is 0 Å². The zero-order chi connectivity index (χ0) is 7.98. The smallest absolute Gasteiger partial charge is 0.245 e. The number of hydrogen-bond donors (Lipinski definition) is 2. The number of Topliss-reactive ketones (excluding diaryl/α,β-unsaturated/α-hetero) is 1. The molecule has 0 unspecified atom stereocenters. The van der Waals surface area contributed by atoms with Crippen molar-refractivity contribution in [1.29, 1.82) is 0 Å². The SMILES string of the molecule is CC(=O)CCNC(=O)CO. The normalized spacial score (nSPS) is 9.00. The lowest BCUT2D eigenvalue weighted by Gasteiger charge is -1.98. The number of nitrogens with one attached hydrogen (secondary N) is 1. The van der Waals surface area contributed by atoms with Crippen LogP contribution in [0.25, 0.3) is 0 Å². The molecule has 0 saturated carbocycles. The van der Waals surface area contributed by atoms with Crippen molar-refractivity contribution in [2.75, 3.05) is 13.2 Å².